The summed E-state index contributed by atoms with van der Waals surface area (Å²) in [5, 5.41) is 8.71. The van der Waals surface area contributed by atoms with E-state index in [0.717, 1.165) is 5.56 Å². The zero-order chi connectivity index (χ0) is 19.5. The normalized spacial score (nSPS) is 10.3. The van der Waals surface area contributed by atoms with Crippen molar-refractivity contribution in [2.75, 3.05) is 26.4 Å². The van der Waals surface area contributed by atoms with E-state index in [0.29, 0.717) is 5.69 Å². The maximum atomic E-state index is 12.5. The number of hydrogen-bond acceptors (Lipinski definition) is 6. The standard InChI is InChI=1S/C19H23N3O5/c20-19(21)22-15-6-7-16(17(12-15)26-11-10-25-9-8-23)18(24)27-13-14-4-2-1-3-5-14/h1-7,12,23H,8-11,13H2,(H4,20,21,22). The van der Waals surface area contributed by atoms with Crippen LogP contribution in [0.4, 0.5) is 5.69 Å². The highest BCUT2D eigenvalue weighted by Crippen LogP contribution is 2.26. The molecule has 0 aliphatic rings. The average Bonchev–Trinajstić information content (AvgIpc) is 2.66. The third-order valence-electron chi connectivity index (χ3n) is 3.38. The molecule has 5 N–H and O–H groups in total. The SMILES string of the molecule is NC(N)=Nc1ccc(C(=O)OCc2ccccc2)c(OCCOCCO)c1. The van der Waals surface area contributed by atoms with E-state index in [1.807, 2.05) is 30.3 Å². The highest BCUT2D eigenvalue weighted by atomic mass is 16.5. The molecule has 0 fully saturated rings. The molecule has 0 saturated carbocycles. The van der Waals surface area contributed by atoms with Gasteiger partial charge < -0.3 is 30.8 Å². The Morgan fingerprint density at radius 2 is 1.81 bits per heavy atom. The van der Waals surface area contributed by atoms with Crippen LogP contribution in [0, 0.1) is 0 Å². The van der Waals surface area contributed by atoms with E-state index >= 15 is 0 Å². The van der Waals surface area contributed by atoms with Crippen molar-refractivity contribution in [3.8, 4) is 5.75 Å². The van der Waals surface area contributed by atoms with E-state index < -0.39 is 5.97 Å². The minimum absolute atomic E-state index is 0.0724. The van der Waals surface area contributed by atoms with Crippen LogP contribution >= 0.6 is 0 Å². The molecule has 0 radical (unpaired) electrons. The summed E-state index contributed by atoms with van der Waals surface area (Å²) in [4.78, 5) is 16.4. The Kier molecular flexibility index (Phi) is 8.08. The molecule has 0 bridgehead atoms. The summed E-state index contributed by atoms with van der Waals surface area (Å²) in [6.45, 7) is 0.727. The molecule has 0 aromatic heterocycles. The number of carbonyl (C=O) groups is 1. The number of hydrogen-bond donors (Lipinski definition) is 3. The fourth-order valence-corrected chi connectivity index (χ4v) is 2.20. The van der Waals surface area contributed by atoms with E-state index in [-0.39, 0.29) is 50.3 Å². The lowest BCUT2D eigenvalue weighted by Crippen LogP contribution is -2.21. The van der Waals surface area contributed by atoms with Gasteiger partial charge >= 0.3 is 5.97 Å². The molecule has 0 heterocycles. The summed E-state index contributed by atoms with van der Waals surface area (Å²) in [7, 11) is 0. The smallest absolute Gasteiger partial charge is 0.342 e. The molecule has 27 heavy (non-hydrogen) atoms. The number of nitrogens with zero attached hydrogens (tertiary/aromatic N) is 1. The Morgan fingerprint density at radius 3 is 2.52 bits per heavy atom. The predicted octanol–water partition coefficient (Wildman–Crippen LogP) is 1.34. The number of rotatable bonds is 10. The number of guanidine groups is 1. The number of aliphatic imine (C=N–C) groups is 1. The van der Waals surface area contributed by atoms with Gasteiger partial charge in [-0.3, -0.25) is 0 Å². The van der Waals surface area contributed by atoms with E-state index in [4.69, 9.17) is 30.8 Å². The maximum absolute atomic E-state index is 12.5. The summed E-state index contributed by atoms with van der Waals surface area (Å²) in [5.41, 5.74) is 12.4. The van der Waals surface area contributed by atoms with Gasteiger partial charge in [0.25, 0.3) is 0 Å². The fraction of sp³-hybridized carbons (Fsp3) is 0.263. The third kappa shape index (κ3) is 6.96. The molecule has 0 amide bonds. The topological polar surface area (TPSA) is 129 Å². The van der Waals surface area contributed by atoms with E-state index in [9.17, 15) is 4.79 Å². The van der Waals surface area contributed by atoms with Gasteiger partial charge in [-0.05, 0) is 17.7 Å². The number of ether oxygens (including phenoxy) is 3. The highest BCUT2D eigenvalue weighted by molar-refractivity contribution is 5.93. The van der Waals surface area contributed by atoms with Gasteiger partial charge in [0.1, 0.15) is 24.5 Å². The van der Waals surface area contributed by atoms with Gasteiger partial charge in [0.2, 0.25) is 0 Å². The lowest BCUT2D eigenvalue weighted by atomic mass is 10.2. The molecule has 2 aromatic rings. The zero-order valence-electron chi connectivity index (χ0n) is 14.8. The van der Waals surface area contributed by atoms with Crippen LogP contribution in [0.3, 0.4) is 0 Å². The molecule has 0 unspecified atom stereocenters. The number of aliphatic hydroxyl groups excluding tert-OH is 1. The molecule has 0 atom stereocenters. The predicted molar refractivity (Wildman–Crippen MR) is 101 cm³/mol. The van der Waals surface area contributed by atoms with Gasteiger partial charge in [-0.25, -0.2) is 9.79 Å². The largest absolute Gasteiger partial charge is 0.490 e. The van der Waals surface area contributed by atoms with Crippen molar-refractivity contribution in [1.82, 2.24) is 0 Å². The van der Waals surface area contributed by atoms with Crippen LogP contribution in [0.25, 0.3) is 0 Å². The van der Waals surface area contributed by atoms with Crippen LogP contribution in [-0.4, -0.2) is 43.5 Å². The minimum atomic E-state index is -0.527. The summed E-state index contributed by atoms with van der Waals surface area (Å²) >= 11 is 0. The maximum Gasteiger partial charge on any atom is 0.342 e. The molecule has 0 saturated heterocycles. The van der Waals surface area contributed by atoms with Crippen LogP contribution in [0.1, 0.15) is 15.9 Å². The van der Waals surface area contributed by atoms with Crippen LogP contribution in [0.5, 0.6) is 5.75 Å². The second-order valence-corrected chi connectivity index (χ2v) is 5.46. The Balaban J connectivity index is 2.09. The molecule has 0 aliphatic carbocycles. The lowest BCUT2D eigenvalue weighted by Gasteiger charge is -2.12. The van der Waals surface area contributed by atoms with E-state index in [2.05, 4.69) is 4.99 Å². The molecule has 8 heteroatoms. The first-order valence-corrected chi connectivity index (χ1v) is 8.36. The number of aliphatic hydroxyl groups is 1. The number of benzene rings is 2. The Bertz CT molecular complexity index is 761. The van der Waals surface area contributed by atoms with E-state index in [1.165, 1.54) is 0 Å². The summed E-state index contributed by atoms with van der Waals surface area (Å²) in [6, 6.07) is 14.0. The van der Waals surface area contributed by atoms with Crippen LogP contribution in [-0.2, 0) is 16.1 Å². The monoisotopic (exact) mass is 373 g/mol. The first kappa shape index (κ1) is 20.2. The van der Waals surface area contributed by atoms with Crippen molar-refractivity contribution < 1.29 is 24.1 Å². The molecule has 0 aliphatic heterocycles. The summed E-state index contributed by atoms with van der Waals surface area (Å²) < 4.78 is 16.1. The minimum Gasteiger partial charge on any atom is -0.490 e. The molecular formula is C19H23N3O5. The highest BCUT2D eigenvalue weighted by Gasteiger charge is 2.15. The van der Waals surface area contributed by atoms with Crippen LogP contribution in [0.15, 0.2) is 53.5 Å². The third-order valence-corrected chi connectivity index (χ3v) is 3.38. The fourth-order valence-electron chi connectivity index (χ4n) is 2.20. The average molecular weight is 373 g/mol. The van der Waals surface area contributed by atoms with Crippen molar-refractivity contribution in [2.45, 2.75) is 6.61 Å². The van der Waals surface area contributed by atoms with Gasteiger partial charge in [0, 0.05) is 6.07 Å². The molecule has 2 rings (SSSR count). The van der Waals surface area contributed by atoms with Gasteiger partial charge in [0.05, 0.1) is 25.5 Å². The van der Waals surface area contributed by atoms with Crippen molar-refractivity contribution in [1.29, 1.82) is 0 Å². The summed E-state index contributed by atoms with van der Waals surface area (Å²) in [5.74, 6) is -0.351. The first-order valence-electron chi connectivity index (χ1n) is 8.36. The Morgan fingerprint density at radius 1 is 1.04 bits per heavy atom. The molecule has 8 nitrogen and oxygen atoms in total. The first-order chi connectivity index (χ1) is 13.1. The quantitative estimate of drug-likeness (QED) is 0.248. The van der Waals surface area contributed by atoms with Gasteiger partial charge in [-0.2, -0.15) is 0 Å². The molecular weight excluding hydrogens is 350 g/mol. The zero-order valence-corrected chi connectivity index (χ0v) is 14.8. The van der Waals surface area contributed by atoms with Crippen molar-refractivity contribution in [2.24, 2.45) is 16.5 Å². The molecule has 144 valence electrons. The Labute approximate surface area is 157 Å². The number of esters is 1. The van der Waals surface area contributed by atoms with Crippen LogP contribution < -0.4 is 16.2 Å². The second-order valence-electron chi connectivity index (χ2n) is 5.46. The van der Waals surface area contributed by atoms with Crippen molar-refractivity contribution in [3.05, 3.63) is 59.7 Å². The van der Waals surface area contributed by atoms with Gasteiger partial charge in [0.15, 0.2) is 5.96 Å². The Hall–Kier alpha value is -3.10. The molecule has 2 aromatic carbocycles. The number of carbonyl (C=O) groups excluding carboxylic acids is 1. The molecule has 0 spiro atoms. The van der Waals surface area contributed by atoms with Crippen LogP contribution in [0.2, 0.25) is 0 Å². The van der Waals surface area contributed by atoms with E-state index in [1.54, 1.807) is 18.2 Å². The number of nitrogens with two attached hydrogens (primary N) is 2. The second kappa shape index (κ2) is 10.8. The van der Waals surface area contributed by atoms with Gasteiger partial charge in [-0.15, -0.1) is 0 Å². The summed E-state index contributed by atoms with van der Waals surface area (Å²) in [6.07, 6.45) is 0. The van der Waals surface area contributed by atoms with Crippen molar-refractivity contribution >= 4 is 17.6 Å². The van der Waals surface area contributed by atoms with Gasteiger partial charge in [-0.1, -0.05) is 30.3 Å². The van der Waals surface area contributed by atoms with Crippen molar-refractivity contribution in [3.63, 3.8) is 0 Å². The lowest BCUT2D eigenvalue weighted by molar-refractivity contribution is 0.0461.